The number of nitrogens with zero attached hydrogens (tertiary/aromatic N) is 3. The third-order valence-electron chi connectivity index (χ3n) is 5.64. The van der Waals surface area contributed by atoms with Crippen molar-refractivity contribution in [2.75, 3.05) is 18.6 Å². The minimum atomic E-state index is -0.102. The normalized spacial score (nSPS) is 16.9. The molecule has 1 aliphatic heterocycles. The number of aryl methyl sites for hydroxylation is 1. The predicted molar refractivity (Wildman–Crippen MR) is 116 cm³/mol. The maximum absolute atomic E-state index is 12.7. The Morgan fingerprint density at radius 3 is 2.53 bits per heavy atom. The first-order valence-corrected chi connectivity index (χ1v) is 10.2. The molecule has 1 saturated heterocycles. The lowest BCUT2D eigenvalue weighted by molar-refractivity contribution is -0.117. The molecule has 2 heterocycles. The van der Waals surface area contributed by atoms with Gasteiger partial charge in [-0.2, -0.15) is 4.98 Å². The van der Waals surface area contributed by atoms with Gasteiger partial charge in [0, 0.05) is 30.5 Å². The van der Waals surface area contributed by atoms with Gasteiger partial charge in [-0.15, -0.1) is 0 Å². The SMILES string of the molecule is COc1ccc(C)c(N2CC(c3noc(-c4ccc(C(C)(C)C)cc4)n3)CC2=O)c1. The van der Waals surface area contributed by atoms with Gasteiger partial charge in [0.1, 0.15) is 5.75 Å². The smallest absolute Gasteiger partial charge is 0.257 e. The fraction of sp³-hybridized carbons (Fsp3) is 0.375. The Morgan fingerprint density at radius 2 is 1.87 bits per heavy atom. The average Bonchev–Trinajstić information content (AvgIpc) is 3.35. The van der Waals surface area contributed by atoms with Crippen molar-refractivity contribution >= 4 is 11.6 Å². The van der Waals surface area contributed by atoms with Crippen LogP contribution in [0.4, 0.5) is 5.69 Å². The Morgan fingerprint density at radius 1 is 1.13 bits per heavy atom. The second-order valence-corrected chi connectivity index (χ2v) is 8.84. The molecular formula is C24H27N3O3. The van der Waals surface area contributed by atoms with Crippen LogP contribution in [0.5, 0.6) is 5.75 Å². The van der Waals surface area contributed by atoms with E-state index in [0.29, 0.717) is 24.7 Å². The van der Waals surface area contributed by atoms with Crippen molar-refractivity contribution in [1.29, 1.82) is 0 Å². The molecule has 1 atom stereocenters. The van der Waals surface area contributed by atoms with Crippen LogP contribution >= 0.6 is 0 Å². The Hall–Kier alpha value is -3.15. The molecule has 4 rings (SSSR count). The summed E-state index contributed by atoms with van der Waals surface area (Å²) in [7, 11) is 1.62. The molecule has 6 nitrogen and oxygen atoms in total. The molecule has 1 unspecified atom stereocenters. The van der Waals surface area contributed by atoms with Gasteiger partial charge in [0.05, 0.1) is 12.8 Å². The van der Waals surface area contributed by atoms with Crippen molar-refractivity contribution in [2.45, 2.75) is 45.4 Å². The number of carbonyl (C=O) groups excluding carboxylic acids is 1. The quantitative estimate of drug-likeness (QED) is 0.619. The first kappa shape index (κ1) is 20.1. The third kappa shape index (κ3) is 3.82. The van der Waals surface area contributed by atoms with E-state index in [1.165, 1.54) is 5.56 Å². The van der Waals surface area contributed by atoms with Crippen molar-refractivity contribution in [3.05, 3.63) is 59.4 Å². The summed E-state index contributed by atoms with van der Waals surface area (Å²) in [4.78, 5) is 19.1. The lowest BCUT2D eigenvalue weighted by Gasteiger charge is -2.19. The minimum absolute atomic E-state index is 0.0530. The highest BCUT2D eigenvalue weighted by Crippen LogP contribution is 2.35. The summed E-state index contributed by atoms with van der Waals surface area (Å²) >= 11 is 0. The van der Waals surface area contributed by atoms with Crippen LogP contribution in [0.25, 0.3) is 11.5 Å². The van der Waals surface area contributed by atoms with Crippen molar-refractivity contribution < 1.29 is 14.1 Å². The van der Waals surface area contributed by atoms with Gasteiger partial charge < -0.3 is 14.2 Å². The average molecular weight is 405 g/mol. The molecule has 30 heavy (non-hydrogen) atoms. The molecule has 3 aromatic rings. The molecule has 0 radical (unpaired) electrons. The van der Waals surface area contributed by atoms with Crippen LogP contribution in [-0.2, 0) is 10.2 Å². The monoisotopic (exact) mass is 405 g/mol. The van der Waals surface area contributed by atoms with Gasteiger partial charge in [-0.3, -0.25) is 4.79 Å². The summed E-state index contributed by atoms with van der Waals surface area (Å²) in [5.74, 6) is 1.73. The van der Waals surface area contributed by atoms with Crippen LogP contribution in [-0.4, -0.2) is 29.7 Å². The number of amides is 1. The Labute approximate surface area is 176 Å². The maximum atomic E-state index is 12.7. The van der Waals surface area contributed by atoms with E-state index >= 15 is 0 Å². The second kappa shape index (κ2) is 7.59. The highest BCUT2D eigenvalue weighted by atomic mass is 16.5. The van der Waals surface area contributed by atoms with Crippen molar-refractivity contribution in [2.24, 2.45) is 0 Å². The molecular weight excluding hydrogens is 378 g/mol. The summed E-state index contributed by atoms with van der Waals surface area (Å²) in [6, 6.07) is 13.9. The molecule has 1 fully saturated rings. The molecule has 0 spiro atoms. The first-order chi connectivity index (χ1) is 14.3. The van der Waals surface area contributed by atoms with Crippen LogP contribution in [0.2, 0.25) is 0 Å². The Kier molecular flexibility index (Phi) is 5.10. The molecule has 2 aromatic carbocycles. The van der Waals surface area contributed by atoms with Crippen molar-refractivity contribution in [1.82, 2.24) is 10.1 Å². The standard InChI is InChI=1S/C24H27N3O3/c1-15-6-11-19(29-5)13-20(15)27-14-17(12-21(27)28)22-25-23(30-26-22)16-7-9-18(10-8-16)24(2,3)4/h6-11,13,17H,12,14H2,1-5H3. The number of hydrogen-bond acceptors (Lipinski definition) is 5. The third-order valence-corrected chi connectivity index (χ3v) is 5.64. The van der Waals surface area contributed by atoms with Crippen LogP contribution in [0, 0.1) is 6.92 Å². The zero-order chi connectivity index (χ0) is 21.5. The highest BCUT2D eigenvalue weighted by molar-refractivity contribution is 5.97. The van der Waals surface area contributed by atoms with Crippen LogP contribution in [0.1, 0.15) is 50.1 Å². The van der Waals surface area contributed by atoms with E-state index in [2.05, 4.69) is 43.0 Å². The number of methoxy groups -OCH3 is 1. The lowest BCUT2D eigenvalue weighted by atomic mass is 9.87. The Bertz CT molecular complexity index is 1060. The molecule has 1 aliphatic rings. The number of benzene rings is 2. The molecule has 0 aliphatic carbocycles. The van der Waals surface area contributed by atoms with Gasteiger partial charge in [0.25, 0.3) is 5.89 Å². The van der Waals surface area contributed by atoms with Gasteiger partial charge >= 0.3 is 0 Å². The number of hydrogen-bond donors (Lipinski definition) is 0. The second-order valence-electron chi connectivity index (χ2n) is 8.84. The minimum Gasteiger partial charge on any atom is -0.497 e. The number of anilines is 1. The summed E-state index contributed by atoms with van der Waals surface area (Å²) in [6.07, 6.45) is 0.360. The van der Waals surface area contributed by atoms with E-state index in [1.54, 1.807) is 12.0 Å². The van der Waals surface area contributed by atoms with Gasteiger partial charge in [-0.1, -0.05) is 44.1 Å². The molecule has 0 bridgehead atoms. The molecule has 0 N–H and O–H groups in total. The van der Waals surface area contributed by atoms with Crippen molar-refractivity contribution in [3.63, 3.8) is 0 Å². The largest absolute Gasteiger partial charge is 0.497 e. The van der Waals surface area contributed by atoms with E-state index < -0.39 is 0 Å². The van der Waals surface area contributed by atoms with Crippen LogP contribution < -0.4 is 9.64 Å². The number of aromatic nitrogens is 2. The van der Waals surface area contributed by atoms with E-state index in [9.17, 15) is 4.79 Å². The topological polar surface area (TPSA) is 68.5 Å². The van der Waals surface area contributed by atoms with E-state index in [-0.39, 0.29) is 17.2 Å². The predicted octanol–water partition coefficient (Wildman–Crippen LogP) is 4.87. The Balaban J connectivity index is 1.54. The molecule has 156 valence electrons. The fourth-order valence-electron chi connectivity index (χ4n) is 3.75. The zero-order valence-corrected chi connectivity index (χ0v) is 18.1. The maximum Gasteiger partial charge on any atom is 0.257 e. The van der Waals surface area contributed by atoms with E-state index in [4.69, 9.17) is 9.26 Å². The van der Waals surface area contributed by atoms with Gasteiger partial charge in [0.15, 0.2) is 5.82 Å². The fourth-order valence-corrected chi connectivity index (χ4v) is 3.75. The zero-order valence-electron chi connectivity index (χ0n) is 18.1. The van der Waals surface area contributed by atoms with Crippen LogP contribution in [0.15, 0.2) is 47.0 Å². The summed E-state index contributed by atoms with van der Waals surface area (Å²) < 4.78 is 10.8. The lowest BCUT2D eigenvalue weighted by Crippen LogP contribution is -2.25. The van der Waals surface area contributed by atoms with E-state index in [0.717, 1.165) is 22.6 Å². The molecule has 6 heteroatoms. The molecule has 1 amide bonds. The molecule has 1 aromatic heterocycles. The van der Waals surface area contributed by atoms with E-state index in [1.807, 2.05) is 37.3 Å². The summed E-state index contributed by atoms with van der Waals surface area (Å²) in [6.45, 7) is 9.05. The van der Waals surface area contributed by atoms with Crippen LogP contribution in [0.3, 0.4) is 0 Å². The first-order valence-electron chi connectivity index (χ1n) is 10.2. The molecule has 0 saturated carbocycles. The highest BCUT2D eigenvalue weighted by Gasteiger charge is 2.35. The van der Waals surface area contributed by atoms with Gasteiger partial charge in [-0.05, 0) is 41.7 Å². The summed E-state index contributed by atoms with van der Waals surface area (Å²) in [5, 5.41) is 4.17. The van der Waals surface area contributed by atoms with Gasteiger partial charge in [0.2, 0.25) is 5.91 Å². The van der Waals surface area contributed by atoms with Gasteiger partial charge in [-0.25, -0.2) is 0 Å². The number of carbonyl (C=O) groups is 1. The number of rotatable bonds is 4. The summed E-state index contributed by atoms with van der Waals surface area (Å²) in [5.41, 5.74) is 4.11. The number of ether oxygens (including phenoxy) is 1. The van der Waals surface area contributed by atoms with Crippen molar-refractivity contribution in [3.8, 4) is 17.2 Å².